The van der Waals surface area contributed by atoms with Gasteiger partial charge in [-0.05, 0) is 24.1 Å². The minimum absolute atomic E-state index is 0.921. The van der Waals surface area contributed by atoms with Gasteiger partial charge in [-0.2, -0.15) is 0 Å². The van der Waals surface area contributed by atoms with Crippen LogP contribution in [-0.4, -0.2) is 25.2 Å². The molecule has 1 aliphatic heterocycles. The zero-order valence-electron chi connectivity index (χ0n) is 8.94. The Labute approximate surface area is 90.3 Å². The van der Waals surface area contributed by atoms with Crippen LogP contribution in [0.2, 0.25) is 0 Å². The van der Waals surface area contributed by atoms with Crippen LogP contribution in [0.1, 0.15) is 5.56 Å². The van der Waals surface area contributed by atoms with Crippen molar-refractivity contribution >= 4 is 0 Å². The quantitative estimate of drug-likeness (QED) is 0.805. The molecule has 0 spiro atoms. The molecule has 15 heavy (non-hydrogen) atoms. The standard InChI is InChI=1S/C12H16N2O/c1-15-12-4-2-3-11(9-12)5-7-14-8-6-13-10-14/h2-4,6,8-9,13H,5,7,10H2,1H3. The number of nitrogens with one attached hydrogen (secondary N) is 1. The predicted octanol–water partition coefficient (Wildman–Crippen LogP) is 1.57. The zero-order valence-corrected chi connectivity index (χ0v) is 8.94. The SMILES string of the molecule is COc1cccc(CCN2C=CNC2)c1. The van der Waals surface area contributed by atoms with Gasteiger partial charge in [-0.15, -0.1) is 0 Å². The molecule has 0 radical (unpaired) electrons. The Morgan fingerprint density at radius 3 is 3.13 bits per heavy atom. The fraction of sp³-hybridized carbons (Fsp3) is 0.333. The molecular formula is C12H16N2O. The van der Waals surface area contributed by atoms with Crippen molar-refractivity contribution in [3.63, 3.8) is 0 Å². The summed E-state index contributed by atoms with van der Waals surface area (Å²) >= 11 is 0. The van der Waals surface area contributed by atoms with Crippen molar-refractivity contribution in [3.05, 3.63) is 42.2 Å². The number of ether oxygens (including phenoxy) is 1. The normalized spacial score (nSPS) is 14.1. The third-order valence-electron chi connectivity index (χ3n) is 2.52. The van der Waals surface area contributed by atoms with Crippen molar-refractivity contribution in [3.8, 4) is 5.75 Å². The Kier molecular flexibility index (Phi) is 3.12. The molecular weight excluding hydrogens is 188 g/mol. The maximum absolute atomic E-state index is 5.19. The molecule has 0 fully saturated rings. The summed E-state index contributed by atoms with van der Waals surface area (Å²) in [6.07, 6.45) is 5.11. The van der Waals surface area contributed by atoms with Gasteiger partial charge in [-0.1, -0.05) is 12.1 Å². The summed E-state index contributed by atoms with van der Waals surface area (Å²) in [5, 5.41) is 3.15. The van der Waals surface area contributed by atoms with Crippen molar-refractivity contribution in [2.75, 3.05) is 20.3 Å². The van der Waals surface area contributed by atoms with Gasteiger partial charge in [0, 0.05) is 18.9 Å². The molecule has 1 heterocycles. The Morgan fingerprint density at radius 1 is 1.47 bits per heavy atom. The third kappa shape index (κ3) is 2.65. The number of rotatable bonds is 4. The molecule has 0 bridgehead atoms. The molecule has 0 aliphatic carbocycles. The minimum Gasteiger partial charge on any atom is -0.497 e. The van der Waals surface area contributed by atoms with Gasteiger partial charge in [-0.25, -0.2) is 0 Å². The number of nitrogens with zero attached hydrogens (tertiary/aromatic N) is 1. The van der Waals surface area contributed by atoms with Crippen LogP contribution in [0.5, 0.6) is 5.75 Å². The summed E-state index contributed by atoms with van der Waals surface area (Å²) in [6.45, 7) is 1.96. The van der Waals surface area contributed by atoms with Gasteiger partial charge in [-0.3, -0.25) is 0 Å². The Morgan fingerprint density at radius 2 is 2.40 bits per heavy atom. The first kappa shape index (κ1) is 9.90. The van der Waals surface area contributed by atoms with Gasteiger partial charge >= 0.3 is 0 Å². The van der Waals surface area contributed by atoms with Crippen LogP contribution in [0.15, 0.2) is 36.7 Å². The van der Waals surface area contributed by atoms with Crippen LogP contribution in [0.25, 0.3) is 0 Å². The van der Waals surface area contributed by atoms with E-state index in [-0.39, 0.29) is 0 Å². The van der Waals surface area contributed by atoms with E-state index in [1.165, 1.54) is 5.56 Å². The first-order chi connectivity index (χ1) is 7.38. The Hall–Kier alpha value is -1.64. The van der Waals surface area contributed by atoms with Crippen LogP contribution in [0.4, 0.5) is 0 Å². The lowest BCUT2D eigenvalue weighted by Gasteiger charge is -2.14. The largest absolute Gasteiger partial charge is 0.497 e. The summed E-state index contributed by atoms with van der Waals surface area (Å²) in [4.78, 5) is 2.25. The van der Waals surface area contributed by atoms with E-state index in [9.17, 15) is 0 Å². The summed E-state index contributed by atoms with van der Waals surface area (Å²) in [7, 11) is 1.70. The van der Waals surface area contributed by atoms with E-state index in [1.807, 2.05) is 18.3 Å². The van der Waals surface area contributed by atoms with Gasteiger partial charge < -0.3 is 15.0 Å². The maximum Gasteiger partial charge on any atom is 0.119 e. The molecule has 0 unspecified atom stereocenters. The monoisotopic (exact) mass is 204 g/mol. The van der Waals surface area contributed by atoms with Gasteiger partial charge in [0.15, 0.2) is 0 Å². The van der Waals surface area contributed by atoms with Crippen LogP contribution in [0.3, 0.4) is 0 Å². The smallest absolute Gasteiger partial charge is 0.119 e. The lowest BCUT2D eigenvalue weighted by Crippen LogP contribution is -2.22. The number of hydrogen-bond acceptors (Lipinski definition) is 3. The van der Waals surface area contributed by atoms with Crippen LogP contribution in [-0.2, 0) is 6.42 Å². The van der Waals surface area contributed by atoms with E-state index in [0.29, 0.717) is 0 Å². The highest BCUT2D eigenvalue weighted by Crippen LogP contribution is 2.13. The molecule has 0 saturated heterocycles. The molecule has 1 aromatic carbocycles. The van der Waals surface area contributed by atoms with E-state index >= 15 is 0 Å². The molecule has 1 aromatic rings. The van der Waals surface area contributed by atoms with E-state index < -0.39 is 0 Å². The van der Waals surface area contributed by atoms with E-state index in [1.54, 1.807) is 7.11 Å². The first-order valence-electron chi connectivity index (χ1n) is 5.15. The number of methoxy groups -OCH3 is 1. The average molecular weight is 204 g/mol. The van der Waals surface area contributed by atoms with E-state index in [0.717, 1.165) is 25.4 Å². The number of hydrogen-bond donors (Lipinski definition) is 1. The van der Waals surface area contributed by atoms with Gasteiger partial charge in [0.2, 0.25) is 0 Å². The number of benzene rings is 1. The van der Waals surface area contributed by atoms with Gasteiger partial charge in [0.25, 0.3) is 0 Å². The van der Waals surface area contributed by atoms with Crippen LogP contribution < -0.4 is 10.1 Å². The molecule has 80 valence electrons. The second-order valence-electron chi connectivity index (χ2n) is 3.59. The van der Waals surface area contributed by atoms with Crippen molar-refractivity contribution in [1.29, 1.82) is 0 Å². The lowest BCUT2D eigenvalue weighted by molar-refractivity contribution is 0.394. The predicted molar refractivity (Wildman–Crippen MR) is 60.5 cm³/mol. The molecule has 3 nitrogen and oxygen atoms in total. The van der Waals surface area contributed by atoms with Crippen molar-refractivity contribution < 1.29 is 4.74 Å². The highest BCUT2D eigenvalue weighted by molar-refractivity contribution is 5.28. The molecule has 0 aromatic heterocycles. The highest BCUT2D eigenvalue weighted by Gasteiger charge is 2.03. The fourth-order valence-corrected chi connectivity index (χ4v) is 1.64. The summed E-state index contributed by atoms with van der Waals surface area (Å²) in [5.74, 6) is 0.933. The first-order valence-corrected chi connectivity index (χ1v) is 5.15. The molecule has 0 amide bonds. The summed E-state index contributed by atoms with van der Waals surface area (Å²) in [5.41, 5.74) is 1.31. The zero-order chi connectivity index (χ0) is 10.5. The Balaban J connectivity index is 1.89. The van der Waals surface area contributed by atoms with Crippen LogP contribution in [0, 0.1) is 0 Å². The Bertz CT molecular complexity index is 349. The molecule has 1 aliphatic rings. The van der Waals surface area contributed by atoms with E-state index in [4.69, 9.17) is 4.74 Å². The topological polar surface area (TPSA) is 24.5 Å². The average Bonchev–Trinajstić information content (AvgIpc) is 2.79. The minimum atomic E-state index is 0.921. The van der Waals surface area contributed by atoms with Crippen molar-refractivity contribution in [2.24, 2.45) is 0 Å². The highest BCUT2D eigenvalue weighted by atomic mass is 16.5. The van der Waals surface area contributed by atoms with Gasteiger partial charge in [0.1, 0.15) is 5.75 Å². The molecule has 2 rings (SSSR count). The summed E-state index contributed by atoms with van der Waals surface area (Å²) < 4.78 is 5.19. The summed E-state index contributed by atoms with van der Waals surface area (Å²) in [6, 6.07) is 8.23. The maximum atomic E-state index is 5.19. The van der Waals surface area contributed by atoms with Gasteiger partial charge in [0.05, 0.1) is 13.8 Å². The molecule has 0 atom stereocenters. The van der Waals surface area contributed by atoms with Crippen molar-refractivity contribution in [1.82, 2.24) is 10.2 Å². The molecule has 1 N–H and O–H groups in total. The van der Waals surface area contributed by atoms with E-state index in [2.05, 4.69) is 28.5 Å². The lowest BCUT2D eigenvalue weighted by atomic mass is 10.1. The fourth-order valence-electron chi connectivity index (χ4n) is 1.64. The van der Waals surface area contributed by atoms with Crippen LogP contribution >= 0.6 is 0 Å². The molecule has 0 saturated carbocycles. The van der Waals surface area contributed by atoms with Crippen molar-refractivity contribution in [2.45, 2.75) is 6.42 Å². The second-order valence-corrected chi connectivity index (χ2v) is 3.59. The molecule has 3 heteroatoms. The third-order valence-corrected chi connectivity index (χ3v) is 2.52. The second kappa shape index (κ2) is 4.73.